The topological polar surface area (TPSA) is 160 Å². The number of aromatic nitrogens is 3. The van der Waals surface area contributed by atoms with Gasteiger partial charge in [0.2, 0.25) is 11.8 Å². The number of hydrogen-bond donors (Lipinski definition) is 3. The summed E-state index contributed by atoms with van der Waals surface area (Å²) >= 11 is 0. The van der Waals surface area contributed by atoms with Crippen molar-refractivity contribution < 1.29 is 28.6 Å². The molecule has 0 radical (unpaired) electrons. The molecule has 68 heavy (non-hydrogen) atoms. The first-order valence-corrected chi connectivity index (χ1v) is 24.8. The number of likely N-dealkylation sites (tertiary alicyclic amines) is 1. The van der Waals surface area contributed by atoms with Gasteiger partial charge in [0.05, 0.1) is 12.0 Å². The number of piperidine rings is 2. The Hall–Kier alpha value is -5.97. The van der Waals surface area contributed by atoms with Crippen LogP contribution in [0.5, 0.6) is 11.8 Å². The van der Waals surface area contributed by atoms with Crippen LogP contribution in [0.3, 0.4) is 0 Å². The Balaban J connectivity index is 0.697. The van der Waals surface area contributed by atoms with Gasteiger partial charge in [-0.3, -0.25) is 29.6 Å². The van der Waals surface area contributed by atoms with Gasteiger partial charge >= 0.3 is 6.01 Å². The molecule has 2 aromatic heterocycles. The second kappa shape index (κ2) is 17.2. The number of aryl methyl sites for hydroxylation is 1. The van der Waals surface area contributed by atoms with Gasteiger partial charge < -0.3 is 34.8 Å². The second-order valence-electron chi connectivity index (χ2n) is 20.5. The third-order valence-corrected chi connectivity index (χ3v) is 16.1. The number of halogens is 1. The number of nitrogens with one attached hydrogen (secondary N) is 2. The zero-order chi connectivity index (χ0) is 46.3. The van der Waals surface area contributed by atoms with E-state index in [4.69, 9.17) is 19.7 Å². The van der Waals surface area contributed by atoms with Crippen LogP contribution >= 0.6 is 0 Å². The number of rotatable bonds is 11. The fourth-order valence-corrected chi connectivity index (χ4v) is 12.2. The van der Waals surface area contributed by atoms with E-state index in [1.165, 1.54) is 0 Å². The maximum absolute atomic E-state index is 17.2. The molecule has 8 heterocycles. The van der Waals surface area contributed by atoms with E-state index in [0.717, 1.165) is 131 Å². The van der Waals surface area contributed by atoms with Crippen molar-refractivity contribution in [1.82, 2.24) is 40.3 Å². The molecule has 7 aliphatic rings. The lowest BCUT2D eigenvalue weighted by Gasteiger charge is -2.44. The average molecular weight is 923 g/mol. The number of piperazine rings is 2. The van der Waals surface area contributed by atoms with E-state index in [1.807, 2.05) is 30.3 Å². The summed E-state index contributed by atoms with van der Waals surface area (Å²) < 4.78 is 23.7. The standard InChI is InChI=1S/C52H59FN10O5/c1-2-31-4-3-5-32-23-38(64)24-40(44(31)32)46-45(53)47-41(25-54-46)48(62-27-34-6-7-35(28-62)55-34)58-51(57-47)68-30-52(14-15-52)29-59-16-12-36(13-17-59)60-18-20-61(21-19-60)37-8-9-39-33(22-37)26-63(50(39)67)42-10-11-43(65)56-49(42)66/h3-5,8-9,22-25,34-36,42,55,64H,2,6-7,10-21,26-30H2,1H3,(H,56,65,66)/t34?,35?,42-/m0/s1. The molecule has 1 saturated carbocycles. The smallest absolute Gasteiger partial charge is 0.319 e. The molecule has 3 aromatic carbocycles. The van der Waals surface area contributed by atoms with Crippen molar-refractivity contribution in [3.05, 3.63) is 77.2 Å². The summed E-state index contributed by atoms with van der Waals surface area (Å²) in [6, 6.07) is 16.1. The molecule has 6 fully saturated rings. The van der Waals surface area contributed by atoms with Crippen LogP contribution in [0, 0.1) is 11.2 Å². The number of fused-ring (bicyclic) bond motifs is 5. The van der Waals surface area contributed by atoms with Gasteiger partial charge in [0.25, 0.3) is 5.91 Å². The monoisotopic (exact) mass is 922 g/mol. The zero-order valence-corrected chi connectivity index (χ0v) is 38.7. The molecule has 1 aliphatic carbocycles. The molecule has 12 rings (SSSR count). The number of anilines is 2. The molecule has 5 saturated heterocycles. The van der Waals surface area contributed by atoms with E-state index in [9.17, 15) is 19.5 Å². The SMILES string of the molecule is CCc1cccc2cc(O)cc(-c3ncc4c(N5CC6CCC(C5)N6)nc(OCC5(CN6CCC(N7CCN(c8ccc9c(c8)CN([C@H]8CCC(=O)NC8=O)C9=O)CC7)CC6)CC5)nc4c3F)c12. The summed E-state index contributed by atoms with van der Waals surface area (Å²) in [4.78, 5) is 63.6. The molecule has 2 unspecified atom stereocenters. The first-order valence-electron chi connectivity index (χ1n) is 24.8. The Labute approximate surface area is 395 Å². The van der Waals surface area contributed by atoms with Gasteiger partial charge in [0.1, 0.15) is 28.8 Å². The molecule has 2 bridgehead atoms. The maximum Gasteiger partial charge on any atom is 0.319 e. The Morgan fingerprint density at radius 2 is 1.68 bits per heavy atom. The van der Waals surface area contributed by atoms with Crippen LogP contribution in [-0.4, -0.2) is 142 Å². The van der Waals surface area contributed by atoms with Gasteiger partial charge in [0.15, 0.2) is 5.82 Å². The lowest BCUT2D eigenvalue weighted by molar-refractivity contribution is -0.136. The normalized spacial score (nSPS) is 24.3. The van der Waals surface area contributed by atoms with Crippen molar-refractivity contribution in [1.29, 1.82) is 0 Å². The van der Waals surface area contributed by atoms with Gasteiger partial charge in [0, 0.05) is 105 Å². The molecule has 354 valence electrons. The van der Waals surface area contributed by atoms with Crippen LogP contribution in [0.4, 0.5) is 15.9 Å². The van der Waals surface area contributed by atoms with Crippen molar-refractivity contribution in [2.75, 3.05) is 75.3 Å². The average Bonchev–Trinajstić information content (AvgIpc) is 3.93. The van der Waals surface area contributed by atoms with Crippen molar-refractivity contribution in [3.8, 4) is 23.0 Å². The third kappa shape index (κ3) is 7.97. The lowest BCUT2D eigenvalue weighted by Crippen LogP contribution is -2.53. The highest BCUT2D eigenvalue weighted by Crippen LogP contribution is 2.47. The van der Waals surface area contributed by atoms with E-state index < -0.39 is 11.9 Å². The van der Waals surface area contributed by atoms with Crippen molar-refractivity contribution in [2.24, 2.45) is 5.41 Å². The van der Waals surface area contributed by atoms with Crippen molar-refractivity contribution in [3.63, 3.8) is 0 Å². The molecule has 16 heteroatoms. The van der Waals surface area contributed by atoms with Crippen LogP contribution in [-0.2, 0) is 22.6 Å². The number of amides is 3. The minimum Gasteiger partial charge on any atom is -0.508 e. The Bertz CT molecular complexity index is 2830. The Kier molecular flexibility index (Phi) is 11.0. The number of carbonyl (C=O) groups excluding carboxylic acids is 3. The highest BCUT2D eigenvalue weighted by Gasteiger charge is 2.46. The highest BCUT2D eigenvalue weighted by atomic mass is 19.1. The van der Waals surface area contributed by atoms with Gasteiger partial charge in [-0.2, -0.15) is 9.97 Å². The van der Waals surface area contributed by atoms with Crippen LogP contribution in [0.25, 0.3) is 32.9 Å². The molecule has 3 amide bonds. The Morgan fingerprint density at radius 1 is 0.882 bits per heavy atom. The van der Waals surface area contributed by atoms with Crippen molar-refractivity contribution >= 4 is 50.9 Å². The zero-order valence-electron chi connectivity index (χ0n) is 38.7. The highest BCUT2D eigenvalue weighted by molar-refractivity contribution is 6.06. The predicted octanol–water partition coefficient (Wildman–Crippen LogP) is 5.40. The summed E-state index contributed by atoms with van der Waals surface area (Å²) in [5.74, 6) is -0.637. The van der Waals surface area contributed by atoms with E-state index in [0.29, 0.717) is 60.0 Å². The maximum atomic E-state index is 17.2. The largest absolute Gasteiger partial charge is 0.508 e. The summed E-state index contributed by atoms with van der Waals surface area (Å²) in [5, 5.41) is 19.1. The number of imide groups is 1. The molecule has 6 aliphatic heterocycles. The number of aromatic hydroxyl groups is 1. The van der Waals surface area contributed by atoms with E-state index in [-0.39, 0.29) is 52.5 Å². The summed E-state index contributed by atoms with van der Waals surface area (Å²) in [7, 11) is 0. The molecule has 5 aromatic rings. The minimum absolute atomic E-state index is 0.00342. The van der Waals surface area contributed by atoms with Crippen LogP contribution in [0.15, 0.2) is 54.7 Å². The number of hydrogen-bond acceptors (Lipinski definition) is 13. The number of nitrogens with zero attached hydrogens (tertiary/aromatic N) is 8. The molecule has 0 spiro atoms. The Morgan fingerprint density at radius 3 is 2.43 bits per heavy atom. The fourth-order valence-electron chi connectivity index (χ4n) is 12.2. The molecule has 15 nitrogen and oxygen atoms in total. The van der Waals surface area contributed by atoms with Crippen LogP contribution < -0.4 is 25.2 Å². The second-order valence-corrected chi connectivity index (χ2v) is 20.5. The van der Waals surface area contributed by atoms with Crippen molar-refractivity contribution in [2.45, 2.75) is 95.4 Å². The summed E-state index contributed by atoms with van der Waals surface area (Å²) in [5.41, 5.74) is 4.62. The van der Waals surface area contributed by atoms with E-state index in [1.54, 1.807) is 23.2 Å². The molecule has 3 atom stereocenters. The number of ether oxygens (including phenoxy) is 1. The summed E-state index contributed by atoms with van der Waals surface area (Å²) in [6.45, 7) is 11.2. The lowest BCUT2D eigenvalue weighted by atomic mass is 9.95. The number of pyridine rings is 1. The van der Waals surface area contributed by atoms with E-state index in [2.05, 4.69) is 43.2 Å². The number of benzene rings is 3. The van der Waals surface area contributed by atoms with Gasteiger partial charge in [-0.1, -0.05) is 25.1 Å². The number of phenols is 1. The van der Waals surface area contributed by atoms with E-state index >= 15 is 4.39 Å². The summed E-state index contributed by atoms with van der Waals surface area (Å²) in [6.07, 6.45) is 9.61. The first kappa shape index (κ1) is 43.3. The third-order valence-electron chi connectivity index (χ3n) is 16.1. The van der Waals surface area contributed by atoms with Crippen LogP contribution in [0.1, 0.15) is 79.8 Å². The van der Waals surface area contributed by atoms with Crippen LogP contribution in [0.2, 0.25) is 0 Å². The number of carbonyl (C=O) groups is 3. The molecular weight excluding hydrogens is 864 g/mol. The molecular formula is C52H59FN10O5. The number of phenolic OH excluding ortho intramolecular Hbond substituents is 1. The first-order chi connectivity index (χ1) is 33.1. The fraction of sp³-hybridized carbons (Fsp3) is 0.500. The van der Waals surface area contributed by atoms with Gasteiger partial charge in [-0.15, -0.1) is 0 Å². The quantitative estimate of drug-likeness (QED) is 0.145. The van der Waals surface area contributed by atoms with Gasteiger partial charge in [-0.05, 0) is 117 Å². The minimum atomic E-state index is -0.611. The predicted molar refractivity (Wildman–Crippen MR) is 256 cm³/mol. The van der Waals surface area contributed by atoms with Gasteiger partial charge in [-0.25, -0.2) is 4.39 Å². The molecule has 3 N–H and O–H groups in total.